The number of aromatic nitrogens is 4. The van der Waals surface area contributed by atoms with Crippen molar-refractivity contribution in [1.29, 1.82) is 5.26 Å². The number of nitrogens with one attached hydrogen (secondary N) is 1. The molecule has 28 heavy (non-hydrogen) atoms. The van der Waals surface area contributed by atoms with Crippen LogP contribution in [0.3, 0.4) is 0 Å². The van der Waals surface area contributed by atoms with Crippen LogP contribution in [0, 0.1) is 11.3 Å². The zero-order chi connectivity index (χ0) is 19.2. The molecule has 0 unspecified atom stereocenters. The maximum absolute atomic E-state index is 8.76. The Morgan fingerprint density at radius 2 is 1.64 bits per heavy atom. The van der Waals surface area contributed by atoms with E-state index in [1.165, 1.54) is 23.1 Å². The van der Waals surface area contributed by atoms with Crippen molar-refractivity contribution < 1.29 is 4.74 Å². The van der Waals surface area contributed by atoms with Crippen LogP contribution in [0.4, 0.5) is 10.8 Å². The van der Waals surface area contributed by atoms with Gasteiger partial charge < -0.3 is 10.1 Å². The number of hydrogen-bond donors (Lipinski definition) is 1. The van der Waals surface area contributed by atoms with Gasteiger partial charge in [-0.3, -0.25) is 0 Å². The van der Waals surface area contributed by atoms with Crippen LogP contribution in [0.1, 0.15) is 5.69 Å². The summed E-state index contributed by atoms with van der Waals surface area (Å²) in [6.07, 6.45) is 0. The summed E-state index contributed by atoms with van der Waals surface area (Å²) in [5.41, 5.74) is 1.16. The molecule has 0 aliphatic heterocycles. The monoisotopic (exact) mass is 404 g/mol. The van der Waals surface area contributed by atoms with Crippen LogP contribution >= 0.6 is 23.1 Å². The van der Waals surface area contributed by atoms with Gasteiger partial charge in [0.2, 0.25) is 5.13 Å². The van der Waals surface area contributed by atoms with E-state index in [-0.39, 0.29) is 5.69 Å². The van der Waals surface area contributed by atoms with Crippen LogP contribution in [0.15, 0.2) is 76.1 Å². The Morgan fingerprint density at radius 1 is 0.857 bits per heavy atom. The average Bonchev–Trinajstić information content (AvgIpc) is 3.17. The first-order chi connectivity index (χ1) is 13.8. The number of nitriles is 1. The molecule has 4 rings (SSSR count). The van der Waals surface area contributed by atoms with Crippen LogP contribution in [0.2, 0.25) is 0 Å². The normalized spacial score (nSPS) is 10.2. The van der Waals surface area contributed by atoms with E-state index in [0.29, 0.717) is 10.2 Å². The number of para-hydroxylation sites is 1. The predicted molar refractivity (Wildman–Crippen MR) is 107 cm³/mol. The molecule has 0 aliphatic rings. The van der Waals surface area contributed by atoms with Crippen molar-refractivity contribution in [3.63, 3.8) is 0 Å². The minimum absolute atomic E-state index is 0.281. The second-order valence-corrected chi connectivity index (χ2v) is 7.65. The second kappa shape index (κ2) is 8.47. The molecule has 136 valence electrons. The van der Waals surface area contributed by atoms with Gasteiger partial charge in [-0.2, -0.15) is 5.26 Å². The highest BCUT2D eigenvalue weighted by Crippen LogP contribution is 2.32. The van der Waals surface area contributed by atoms with Crippen LogP contribution in [-0.4, -0.2) is 20.4 Å². The first kappa shape index (κ1) is 17.9. The molecule has 0 spiro atoms. The summed E-state index contributed by atoms with van der Waals surface area (Å²) < 4.78 is 6.51. The molecule has 0 amide bonds. The molecule has 7 nitrogen and oxygen atoms in total. The van der Waals surface area contributed by atoms with E-state index in [2.05, 4.69) is 25.7 Å². The lowest BCUT2D eigenvalue weighted by atomic mass is 10.3. The number of hydrogen-bond acceptors (Lipinski definition) is 9. The molecule has 0 atom stereocenters. The van der Waals surface area contributed by atoms with E-state index >= 15 is 0 Å². The molecular formula is C19H12N6OS2. The van der Waals surface area contributed by atoms with Gasteiger partial charge >= 0.3 is 0 Å². The molecule has 4 aromatic rings. The Morgan fingerprint density at radius 3 is 2.36 bits per heavy atom. The van der Waals surface area contributed by atoms with E-state index in [1.54, 1.807) is 12.1 Å². The molecule has 0 saturated carbocycles. The van der Waals surface area contributed by atoms with Gasteiger partial charge in [0.15, 0.2) is 10.0 Å². The predicted octanol–water partition coefficient (Wildman–Crippen LogP) is 4.89. The summed E-state index contributed by atoms with van der Waals surface area (Å²) in [7, 11) is 0. The standard InChI is InChI=1S/C19H12N6OS2/c20-12-14-8-11-17(23-22-14)27-19-25-24-18(28-19)21-13-6-9-16(10-7-13)26-15-4-2-1-3-5-15/h1-11H,(H,21,24). The lowest BCUT2D eigenvalue weighted by Gasteiger charge is -2.06. The van der Waals surface area contributed by atoms with Gasteiger partial charge in [-0.1, -0.05) is 29.5 Å². The van der Waals surface area contributed by atoms with Gasteiger partial charge in [-0.15, -0.1) is 20.4 Å². The van der Waals surface area contributed by atoms with Crippen molar-refractivity contribution in [2.75, 3.05) is 5.32 Å². The lowest BCUT2D eigenvalue weighted by Crippen LogP contribution is -1.90. The van der Waals surface area contributed by atoms with E-state index in [0.717, 1.165) is 21.5 Å². The highest BCUT2D eigenvalue weighted by Gasteiger charge is 2.08. The minimum Gasteiger partial charge on any atom is -0.457 e. The molecule has 0 bridgehead atoms. The van der Waals surface area contributed by atoms with Crippen molar-refractivity contribution >= 4 is 33.9 Å². The minimum atomic E-state index is 0.281. The number of rotatable bonds is 6. The number of benzene rings is 2. The van der Waals surface area contributed by atoms with Crippen LogP contribution < -0.4 is 10.1 Å². The first-order valence-electron chi connectivity index (χ1n) is 8.14. The third kappa shape index (κ3) is 4.62. The van der Waals surface area contributed by atoms with Gasteiger partial charge in [0, 0.05) is 5.69 Å². The highest BCUT2D eigenvalue weighted by molar-refractivity contribution is 8.01. The van der Waals surface area contributed by atoms with Gasteiger partial charge in [-0.05, 0) is 60.3 Å². The van der Waals surface area contributed by atoms with Crippen molar-refractivity contribution in [3.05, 3.63) is 72.4 Å². The van der Waals surface area contributed by atoms with Gasteiger partial charge in [0.05, 0.1) is 0 Å². The van der Waals surface area contributed by atoms with Gasteiger partial charge in [0.25, 0.3) is 0 Å². The summed E-state index contributed by atoms with van der Waals surface area (Å²) in [6.45, 7) is 0. The van der Waals surface area contributed by atoms with Crippen molar-refractivity contribution in [2.24, 2.45) is 0 Å². The van der Waals surface area contributed by atoms with Crippen molar-refractivity contribution in [1.82, 2.24) is 20.4 Å². The van der Waals surface area contributed by atoms with Crippen molar-refractivity contribution in [3.8, 4) is 17.6 Å². The van der Waals surface area contributed by atoms with E-state index in [1.807, 2.05) is 60.7 Å². The summed E-state index contributed by atoms with van der Waals surface area (Å²) >= 11 is 2.75. The summed E-state index contributed by atoms with van der Waals surface area (Å²) in [6, 6.07) is 22.5. The fourth-order valence-corrected chi connectivity index (χ4v) is 3.81. The maximum Gasteiger partial charge on any atom is 0.210 e. The Kier molecular flexibility index (Phi) is 5.42. The fourth-order valence-electron chi connectivity index (χ4n) is 2.18. The third-order valence-electron chi connectivity index (χ3n) is 3.44. The molecule has 1 N–H and O–H groups in total. The Hall–Kier alpha value is -3.48. The van der Waals surface area contributed by atoms with Gasteiger partial charge in [-0.25, -0.2) is 0 Å². The lowest BCUT2D eigenvalue weighted by molar-refractivity contribution is 0.483. The quantitative estimate of drug-likeness (QED) is 0.485. The molecule has 9 heteroatoms. The van der Waals surface area contributed by atoms with E-state index < -0.39 is 0 Å². The van der Waals surface area contributed by atoms with Gasteiger partial charge in [0.1, 0.15) is 22.6 Å². The summed E-state index contributed by atoms with van der Waals surface area (Å²) in [4.78, 5) is 0. The fraction of sp³-hybridized carbons (Fsp3) is 0. The van der Waals surface area contributed by atoms with Crippen LogP contribution in [0.5, 0.6) is 11.5 Å². The topological polar surface area (TPSA) is 96.6 Å². The molecular weight excluding hydrogens is 392 g/mol. The molecule has 0 radical (unpaired) electrons. The molecule has 0 aliphatic carbocycles. The SMILES string of the molecule is N#Cc1ccc(Sc2nnc(Nc3ccc(Oc4ccccc4)cc3)s2)nn1. The third-order valence-corrected chi connectivity index (χ3v) is 5.25. The average molecular weight is 404 g/mol. The number of anilines is 2. The molecule has 2 aromatic heterocycles. The Bertz CT molecular complexity index is 1090. The zero-order valence-electron chi connectivity index (χ0n) is 14.3. The van der Waals surface area contributed by atoms with Crippen LogP contribution in [0.25, 0.3) is 0 Å². The molecule has 2 heterocycles. The summed E-state index contributed by atoms with van der Waals surface area (Å²) in [5.74, 6) is 1.55. The first-order valence-corrected chi connectivity index (χ1v) is 9.77. The summed E-state index contributed by atoms with van der Waals surface area (Å²) in [5, 5.41) is 29.3. The largest absolute Gasteiger partial charge is 0.457 e. The maximum atomic E-state index is 8.76. The molecule has 0 saturated heterocycles. The highest BCUT2D eigenvalue weighted by atomic mass is 32.2. The zero-order valence-corrected chi connectivity index (χ0v) is 15.9. The van der Waals surface area contributed by atoms with Crippen molar-refractivity contribution in [2.45, 2.75) is 9.37 Å². The smallest absolute Gasteiger partial charge is 0.210 e. The van der Waals surface area contributed by atoms with E-state index in [4.69, 9.17) is 10.00 Å². The number of nitrogens with zero attached hydrogens (tertiary/aromatic N) is 5. The second-order valence-electron chi connectivity index (χ2n) is 5.41. The van der Waals surface area contributed by atoms with Crippen LogP contribution in [-0.2, 0) is 0 Å². The number of ether oxygens (including phenoxy) is 1. The van der Waals surface area contributed by atoms with E-state index in [9.17, 15) is 0 Å². The molecule has 0 fully saturated rings. The Balaban J connectivity index is 1.37. The Labute approximate surface area is 169 Å². The molecule has 2 aromatic carbocycles.